The molecule has 1 fully saturated rings. The maximum atomic E-state index is 6.36. The molecule has 1 saturated heterocycles. The summed E-state index contributed by atoms with van der Waals surface area (Å²) in [5.41, 5.74) is 7.62. The summed E-state index contributed by atoms with van der Waals surface area (Å²) in [5.74, 6) is 3.15. The van der Waals surface area contributed by atoms with Gasteiger partial charge in [-0.1, -0.05) is 25.4 Å². The van der Waals surface area contributed by atoms with Crippen LogP contribution in [0.4, 0.5) is 0 Å². The van der Waals surface area contributed by atoms with Gasteiger partial charge in [0.05, 0.1) is 0 Å². The molecule has 0 saturated carbocycles. The number of halogens is 1. The molecule has 0 aromatic heterocycles. The van der Waals surface area contributed by atoms with Gasteiger partial charge in [-0.25, -0.2) is 0 Å². The van der Waals surface area contributed by atoms with Crippen LogP contribution < -0.4 is 10.5 Å². The highest BCUT2D eigenvalue weighted by atomic mass is 35.5. The molecule has 1 aromatic rings. The van der Waals surface area contributed by atoms with E-state index in [1.165, 1.54) is 5.75 Å². The fourth-order valence-corrected chi connectivity index (χ4v) is 4.96. The topological polar surface area (TPSA) is 35.2 Å². The van der Waals surface area contributed by atoms with Crippen LogP contribution in [-0.2, 0) is 0 Å². The van der Waals surface area contributed by atoms with Gasteiger partial charge in [0.1, 0.15) is 11.4 Å². The lowest BCUT2D eigenvalue weighted by Gasteiger charge is -2.48. The van der Waals surface area contributed by atoms with Crippen molar-refractivity contribution in [3.63, 3.8) is 0 Å². The van der Waals surface area contributed by atoms with Crippen molar-refractivity contribution < 1.29 is 4.74 Å². The Hall–Kier alpha value is -0.380. The molecule has 1 spiro atoms. The van der Waals surface area contributed by atoms with Crippen molar-refractivity contribution in [1.29, 1.82) is 0 Å². The highest BCUT2D eigenvalue weighted by Gasteiger charge is 2.46. The first-order chi connectivity index (χ1) is 8.89. The molecule has 19 heavy (non-hydrogen) atoms. The number of hydrogen-bond donors (Lipinski definition) is 1. The van der Waals surface area contributed by atoms with Gasteiger partial charge in [-0.3, -0.25) is 0 Å². The largest absolute Gasteiger partial charge is 0.486 e. The van der Waals surface area contributed by atoms with Gasteiger partial charge in [-0.05, 0) is 35.8 Å². The average Bonchev–Trinajstić information content (AvgIpc) is 2.29. The lowest BCUT2D eigenvalue weighted by Crippen LogP contribution is -2.51. The SMILES string of the molecule is CC1(C)CSCC2(C[C@H](N)c3cc(Cl)ccc3O2)C1. The molecule has 4 heteroatoms. The minimum absolute atomic E-state index is 0.0250. The Kier molecular flexibility index (Phi) is 3.27. The molecule has 3 rings (SSSR count). The number of rotatable bonds is 0. The van der Waals surface area contributed by atoms with Gasteiger partial charge in [0, 0.05) is 28.8 Å². The van der Waals surface area contributed by atoms with Crippen molar-refractivity contribution in [1.82, 2.24) is 0 Å². The minimum Gasteiger partial charge on any atom is -0.486 e. The van der Waals surface area contributed by atoms with Crippen LogP contribution in [0.3, 0.4) is 0 Å². The van der Waals surface area contributed by atoms with E-state index in [0.29, 0.717) is 5.41 Å². The quantitative estimate of drug-likeness (QED) is 0.785. The fourth-order valence-electron chi connectivity index (χ4n) is 3.37. The van der Waals surface area contributed by atoms with Crippen molar-refractivity contribution >= 4 is 23.4 Å². The summed E-state index contributed by atoms with van der Waals surface area (Å²) in [4.78, 5) is 0. The Balaban J connectivity index is 1.94. The molecule has 2 aliphatic rings. The number of nitrogens with two attached hydrogens (primary N) is 1. The van der Waals surface area contributed by atoms with E-state index in [0.717, 1.165) is 34.9 Å². The Morgan fingerprint density at radius 1 is 1.37 bits per heavy atom. The van der Waals surface area contributed by atoms with Gasteiger partial charge < -0.3 is 10.5 Å². The summed E-state index contributed by atoms with van der Waals surface area (Å²) in [6.45, 7) is 4.63. The second kappa shape index (κ2) is 4.57. The van der Waals surface area contributed by atoms with Gasteiger partial charge in [-0.15, -0.1) is 0 Å². The number of fused-ring (bicyclic) bond motifs is 1. The molecule has 2 nitrogen and oxygen atoms in total. The molecule has 2 atom stereocenters. The normalized spacial score (nSPS) is 32.7. The van der Waals surface area contributed by atoms with Crippen LogP contribution in [0, 0.1) is 5.41 Å². The van der Waals surface area contributed by atoms with Gasteiger partial charge in [-0.2, -0.15) is 11.8 Å². The van der Waals surface area contributed by atoms with Crippen LogP contribution in [0.25, 0.3) is 0 Å². The number of thioether (sulfide) groups is 1. The summed E-state index contributed by atoms with van der Waals surface area (Å²) in [6, 6.07) is 5.81. The first-order valence-electron chi connectivity index (χ1n) is 6.71. The molecule has 2 heterocycles. The Morgan fingerprint density at radius 3 is 2.89 bits per heavy atom. The second-order valence-electron chi connectivity index (χ2n) is 6.61. The van der Waals surface area contributed by atoms with E-state index in [4.69, 9.17) is 22.1 Å². The first-order valence-corrected chi connectivity index (χ1v) is 8.24. The van der Waals surface area contributed by atoms with Crippen molar-refractivity contribution in [2.75, 3.05) is 11.5 Å². The lowest BCUT2D eigenvalue weighted by molar-refractivity contribution is 0.0167. The summed E-state index contributed by atoms with van der Waals surface area (Å²) in [5, 5.41) is 0.729. The molecular formula is C15H20ClNOS. The molecule has 1 unspecified atom stereocenters. The fraction of sp³-hybridized carbons (Fsp3) is 0.600. The van der Waals surface area contributed by atoms with E-state index in [9.17, 15) is 0 Å². The van der Waals surface area contributed by atoms with Crippen LogP contribution >= 0.6 is 23.4 Å². The summed E-state index contributed by atoms with van der Waals surface area (Å²) < 4.78 is 6.36. The van der Waals surface area contributed by atoms with Crippen LogP contribution in [0.1, 0.15) is 38.3 Å². The third-order valence-electron chi connectivity index (χ3n) is 3.95. The van der Waals surface area contributed by atoms with E-state index in [1.807, 2.05) is 30.0 Å². The van der Waals surface area contributed by atoms with Crippen molar-refractivity contribution in [2.24, 2.45) is 11.1 Å². The molecule has 0 aliphatic carbocycles. The van der Waals surface area contributed by atoms with Crippen LogP contribution in [0.5, 0.6) is 5.75 Å². The monoisotopic (exact) mass is 297 g/mol. The number of ether oxygens (including phenoxy) is 1. The zero-order chi connectivity index (χ0) is 13.7. The average molecular weight is 298 g/mol. The predicted molar refractivity (Wildman–Crippen MR) is 82.1 cm³/mol. The maximum absolute atomic E-state index is 6.36. The molecule has 1 aromatic carbocycles. The second-order valence-corrected chi connectivity index (χ2v) is 8.03. The lowest BCUT2D eigenvalue weighted by atomic mass is 9.76. The highest BCUT2D eigenvalue weighted by Crippen LogP contribution is 2.49. The summed E-state index contributed by atoms with van der Waals surface area (Å²) in [6.07, 6.45) is 1.96. The molecule has 0 bridgehead atoms. The first kappa shape index (κ1) is 13.6. The standard InChI is InChI=1S/C15H20ClNOS/c1-14(2)7-15(9-19-8-14)6-12(17)11-5-10(16)3-4-13(11)18-15/h3-5,12H,6-9,17H2,1-2H3/t12-,15?/m0/s1. The summed E-state index contributed by atoms with van der Waals surface area (Å²) in [7, 11) is 0. The third kappa shape index (κ3) is 2.61. The Morgan fingerprint density at radius 2 is 2.16 bits per heavy atom. The van der Waals surface area contributed by atoms with Gasteiger partial charge >= 0.3 is 0 Å². The third-order valence-corrected chi connectivity index (χ3v) is 5.90. The van der Waals surface area contributed by atoms with Gasteiger partial charge in [0.15, 0.2) is 0 Å². The Labute approximate surface area is 124 Å². The van der Waals surface area contributed by atoms with Crippen LogP contribution in [0.15, 0.2) is 18.2 Å². The maximum Gasteiger partial charge on any atom is 0.125 e. The molecule has 2 N–H and O–H groups in total. The molecule has 2 aliphatic heterocycles. The van der Waals surface area contributed by atoms with Gasteiger partial charge in [0.25, 0.3) is 0 Å². The zero-order valence-corrected chi connectivity index (χ0v) is 13.0. The van der Waals surface area contributed by atoms with Crippen molar-refractivity contribution in [3.05, 3.63) is 28.8 Å². The minimum atomic E-state index is -0.105. The van der Waals surface area contributed by atoms with Crippen molar-refractivity contribution in [3.8, 4) is 5.75 Å². The van der Waals surface area contributed by atoms with Crippen molar-refractivity contribution in [2.45, 2.75) is 38.3 Å². The molecular weight excluding hydrogens is 278 g/mol. The molecule has 104 valence electrons. The van der Waals surface area contributed by atoms with E-state index < -0.39 is 0 Å². The van der Waals surface area contributed by atoms with E-state index in [-0.39, 0.29) is 11.6 Å². The molecule has 0 radical (unpaired) electrons. The van der Waals surface area contributed by atoms with E-state index >= 15 is 0 Å². The van der Waals surface area contributed by atoms with Crippen LogP contribution in [0.2, 0.25) is 5.02 Å². The number of hydrogen-bond acceptors (Lipinski definition) is 3. The predicted octanol–water partition coefficient (Wildman–Crippen LogP) is 4.02. The van der Waals surface area contributed by atoms with Gasteiger partial charge in [0.2, 0.25) is 0 Å². The van der Waals surface area contributed by atoms with E-state index in [2.05, 4.69) is 13.8 Å². The highest BCUT2D eigenvalue weighted by molar-refractivity contribution is 7.99. The number of benzene rings is 1. The van der Waals surface area contributed by atoms with Crippen LogP contribution in [-0.4, -0.2) is 17.1 Å². The molecule has 0 amide bonds. The zero-order valence-electron chi connectivity index (χ0n) is 11.4. The summed E-state index contributed by atoms with van der Waals surface area (Å²) >= 11 is 8.03. The van der Waals surface area contributed by atoms with E-state index in [1.54, 1.807) is 0 Å². The smallest absolute Gasteiger partial charge is 0.125 e. The Bertz CT molecular complexity index is 505.